The van der Waals surface area contributed by atoms with Crippen LogP contribution < -0.4 is 30.0 Å². The quantitative estimate of drug-likeness (QED) is 0.135. The van der Waals surface area contributed by atoms with E-state index in [0.29, 0.717) is 46.3 Å². The van der Waals surface area contributed by atoms with Crippen molar-refractivity contribution >= 4 is 24.5 Å². The minimum absolute atomic E-state index is 0. The number of rotatable bonds is 6. The normalized spacial score (nSPS) is 18.2. The van der Waals surface area contributed by atoms with Crippen molar-refractivity contribution in [2.75, 3.05) is 0 Å². The minimum atomic E-state index is -5.06. The maximum atomic E-state index is 14.3. The molecule has 2 atom stereocenters. The molecule has 2 unspecified atom stereocenters. The van der Waals surface area contributed by atoms with E-state index in [1.807, 2.05) is 46.8 Å². The van der Waals surface area contributed by atoms with Crippen LogP contribution in [0.1, 0.15) is 105 Å². The van der Waals surface area contributed by atoms with Gasteiger partial charge in [-0.3, -0.25) is 0 Å². The standard InChI is InChI=1S/C43H35F12Si.2ClH.Zr/c1-7-23-17-31-30(24-13-26(40(44,45)46)18-27(14-24)41(47,48)49)10-20(4)11-32(31)35(23)34-22(6)39-36(37-33(34)12-21(5)38(37)56(39,8-2)9-3)25-15-28(42(50,51)52)19-29(16-25)43(53,54)55;;;/h10-19,35H,7-9H2,1-6H3;2*1H;/q;;;+2/p-2. The Morgan fingerprint density at radius 2 is 1.05 bits per heavy atom. The van der Waals surface area contributed by atoms with Crippen LogP contribution in [0.15, 0.2) is 59.7 Å². The van der Waals surface area contributed by atoms with E-state index in [0.717, 1.165) is 87.2 Å². The van der Waals surface area contributed by atoms with Gasteiger partial charge in [0.05, 0.1) is 0 Å². The Labute approximate surface area is 362 Å². The van der Waals surface area contributed by atoms with Gasteiger partial charge in [0.1, 0.15) is 0 Å². The second kappa shape index (κ2) is 15.5. The van der Waals surface area contributed by atoms with Gasteiger partial charge in [0.15, 0.2) is 0 Å². The molecule has 2 aliphatic carbocycles. The molecule has 4 aromatic rings. The minimum Gasteiger partial charge on any atom is -1.00 e. The summed E-state index contributed by atoms with van der Waals surface area (Å²) >= 11 is 1.06. The third kappa shape index (κ3) is 7.41. The summed E-state index contributed by atoms with van der Waals surface area (Å²) in [6.45, 7) is 11.5. The van der Waals surface area contributed by atoms with Crippen LogP contribution >= 0.6 is 0 Å². The number of hydrogen-bond acceptors (Lipinski definition) is 0. The first-order valence-electron chi connectivity index (χ1n) is 18.4. The first-order chi connectivity index (χ1) is 26.3. The fourth-order valence-corrected chi connectivity index (χ4v) is 16.6. The first-order valence-corrected chi connectivity index (χ1v) is 22.2. The maximum Gasteiger partial charge on any atom is -1.00 e. The molecule has 0 spiro atoms. The molecule has 0 saturated heterocycles. The van der Waals surface area contributed by atoms with Crippen LogP contribution in [0.5, 0.6) is 0 Å². The summed E-state index contributed by atoms with van der Waals surface area (Å²) in [5, 5.41) is 1.83. The van der Waals surface area contributed by atoms with Crippen molar-refractivity contribution in [3.63, 3.8) is 0 Å². The summed E-state index contributed by atoms with van der Waals surface area (Å²) in [7, 11) is -2.82. The third-order valence-corrected chi connectivity index (χ3v) is 19.6. The van der Waals surface area contributed by atoms with Gasteiger partial charge in [-0.15, -0.1) is 0 Å². The number of hydrogen-bond donors (Lipinski definition) is 0. The average Bonchev–Trinajstić information content (AvgIpc) is 3.70. The van der Waals surface area contributed by atoms with Crippen molar-refractivity contribution in [3.8, 4) is 22.3 Å². The van der Waals surface area contributed by atoms with Crippen LogP contribution in [-0.4, -0.2) is 8.07 Å². The monoisotopic (exact) mass is 967 g/mol. The number of benzene rings is 4. The van der Waals surface area contributed by atoms with Crippen molar-refractivity contribution < 1.29 is 102 Å². The molecule has 1 aliphatic heterocycles. The van der Waals surface area contributed by atoms with Gasteiger partial charge in [-0.2, -0.15) is 0 Å². The summed E-state index contributed by atoms with van der Waals surface area (Å²) in [6.07, 6.45) is -17.9. The van der Waals surface area contributed by atoms with Crippen molar-refractivity contribution in [1.82, 2.24) is 0 Å². The summed E-state index contributed by atoms with van der Waals surface area (Å²) in [5.41, 5.74) is 1.30. The summed E-state index contributed by atoms with van der Waals surface area (Å²) in [6, 6.07) is 8.03. The summed E-state index contributed by atoms with van der Waals surface area (Å²) < 4.78 is 170. The smallest absolute Gasteiger partial charge is 1.00 e. The van der Waals surface area contributed by atoms with Crippen LogP contribution in [-0.2, 0) is 49.4 Å². The van der Waals surface area contributed by atoms with Crippen molar-refractivity contribution in [3.05, 3.63) is 121 Å². The SMILES string of the molecule is CCC1=Cc2c(-c3cc(C(F)(F)F)cc(C(F)(F)F)c3)cc(C)cc2C1c1c(C)c2c(-c3cc(C(F)(F)F)cc(C(F)(F)F)c3)c3c1[CH]([Zr+2])C(C)=C3[Si]2(CC)CC.[Cl-].[Cl-]. The third-order valence-electron chi connectivity index (χ3n) is 12.2. The van der Waals surface area contributed by atoms with Gasteiger partial charge in [-0.25, -0.2) is 0 Å². The van der Waals surface area contributed by atoms with E-state index in [4.69, 9.17) is 0 Å². The molecule has 0 N–H and O–H groups in total. The zero-order chi connectivity index (χ0) is 42.1. The molecule has 4 aromatic carbocycles. The van der Waals surface area contributed by atoms with Gasteiger partial charge in [-0.1, -0.05) is 0 Å². The maximum absolute atomic E-state index is 14.3. The zero-order valence-corrected chi connectivity index (χ0v) is 37.2. The number of allylic oxidation sites excluding steroid dienone is 2. The Bertz CT molecular complexity index is 2370. The van der Waals surface area contributed by atoms with Gasteiger partial charge in [0.2, 0.25) is 0 Å². The van der Waals surface area contributed by atoms with Gasteiger partial charge in [0, 0.05) is 0 Å². The predicted molar refractivity (Wildman–Crippen MR) is 195 cm³/mol. The van der Waals surface area contributed by atoms with Crippen LogP contribution in [0.4, 0.5) is 52.7 Å². The molecule has 0 saturated carbocycles. The first kappa shape index (κ1) is 47.3. The van der Waals surface area contributed by atoms with E-state index in [-0.39, 0.29) is 57.3 Å². The Hall–Kier alpha value is -2.80. The molecule has 0 amide bonds. The molecule has 313 valence electrons. The van der Waals surface area contributed by atoms with Crippen molar-refractivity contribution in [2.45, 2.75) is 94.3 Å². The zero-order valence-electron chi connectivity index (χ0n) is 32.3. The molecule has 1 heterocycles. The fraction of sp³-hybridized carbons (Fsp3) is 0.349. The van der Waals surface area contributed by atoms with E-state index in [2.05, 4.69) is 0 Å². The molecule has 0 radical (unpaired) electrons. The Morgan fingerprint density at radius 1 is 0.593 bits per heavy atom. The second-order valence-corrected chi connectivity index (χ2v) is 21.3. The molecule has 0 aromatic heterocycles. The number of alkyl halides is 12. The second-order valence-electron chi connectivity index (χ2n) is 15.3. The van der Waals surface area contributed by atoms with Crippen molar-refractivity contribution in [2.24, 2.45) is 0 Å². The van der Waals surface area contributed by atoms with Gasteiger partial charge >= 0.3 is 339 Å². The summed E-state index contributed by atoms with van der Waals surface area (Å²) in [5.74, 6) is -0.515. The van der Waals surface area contributed by atoms with Gasteiger partial charge < -0.3 is 24.8 Å². The number of fused-ring (bicyclic) bond motifs is 2. The van der Waals surface area contributed by atoms with Crippen LogP contribution in [0, 0.1) is 13.8 Å². The van der Waals surface area contributed by atoms with Gasteiger partial charge in [0.25, 0.3) is 0 Å². The molecule has 2 bridgehead atoms. The van der Waals surface area contributed by atoms with E-state index in [9.17, 15) is 52.7 Å². The van der Waals surface area contributed by atoms with Gasteiger partial charge in [-0.05, 0) is 0 Å². The molecular formula is C43H35Cl2F12SiZr. The van der Waals surface area contributed by atoms with E-state index < -0.39 is 61.0 Å². The number of aryl methyl sites for hydroxylation is 1. The Balaban J connectivity index is 0.00000331. The molecule has 7 rings (SSSR count). The van der Waals surface area contributed by atoms with Crippen LogP contribution in [0.3, 0.4) is 0 Å². The molecule has 16 heteroatoms. The molecule has 0 nitrogen and oxygen atoms in total. The van der Waals surface area contributed by atoms with E-state index in [1.165, 1.54) is 0 Å². The Kier molecular flexibility index (Phi) is 12.4. The predicted octanol–water partition coefficient (Wildman–Crippen LogP) is 8.28. The largest absolute Gasteiger partial charge is 1.00 e. The fourth-order valence-electron chi connectivity index (χ4n) is 9.78. The number of halogens is 14. The molecule has 3 aliphatic rings. The van der Waals surface area contributed by atoms with Crippen molar-refractivity contribution in [1.29, 1.82) is 0 Å². The molecule has 0 fully saturated rings. The average molecular weight is 970 g/mol. The summed E-state index contributed by atoms with van der Waals surface area (Å²) in [4.78, 5) is 0. The Morgan fingerprint density at radius 3 is 1.47 bits per heavy atom. The van der Waals surface area contributed by atoms with E-state index in [1.54, 1.807) is 13.0 Å². The molecular weight excluding hydrogens is 935 g/mol. The molecule has 59 heavy (non-hydrogen) atoms. The van der Waals surface area contributed by atoms with Crippen LogP contribution in [0.2, 0.25) is 12.1 Å². The topological polar surface area (TPSA) is 0 Å². The van der Waals surface area contributed by atoms with E-state index >= 15 is 0 Å². The van der Waals surface area contributed by atoms with Crippen LogP contribution in [0.25, 0.3) is 33.5 Å².